The molecular weight excluding hydrogens is 176 g/mol. The summed E-state index contributed by atoms with van der Waals surface area (Å²) < 4.78 is 4.62. The van der Waals surface area contributed by atoms with Crippen LogP contribution in [0.3, 0.4) is 0 Å². The lowest BCUT2D eigenvalue weighted by Crippen LogP contribution is -2.09. The van der Waals surface area contributed by atoms with Gasteiger partial charge in [0.15, 0.2) is 0 Å². The zero-order valence-corrected chi connectivity index (χ0v) is 8.49. The lowest BCUT2D eigenvalue weighted by molar-refractivity contribution is -0.136. The molecule has 14 heavy (non-hydrogen) atoms. The van der Waals surface area contributed by atoms with Gasteiger partial charge in [-0.25, -0.2) is 4.79 Å². The highest BCUT2D eigenvalue weighted by atomic mass is 16.5. The summed E-state index contributed by atoms with van der Waals surface area (Å²) in [5.74, 6) is -0.343. The van der Waals surface area contributed by atoms with Crippen molar-refractivity contribution in [2.24, 2.45) is 0 Å². The first kappa shape index (κ1) is 10.5. The first-order valence-corrected chi connectivity index (χ1v) is 4.49. The van der Waals surface area contributed by atoms with Crippen molar-refractivity contribution in [2.75, 3.05) is 7.11 Å². The molecule has 0 aliphatic heterocycles. The highest BCUT2D eigenvalue weighted by Crippen LogP contribution is 2.22. The maximum atomic E-state index is 11.2. The summed E-state index contributed by atoms with van der Waals surface area (Å²) in [5.41, 5.74) is 1.56. The third-order valence-electron chi connectivity index (χ3n) is 2.27. The maximum absolute atomic E-state index is 11.2. The lowest BCUT2D eigenvalue weighted by Gasteiger charge is -2.12. The van der Waals surface area contributed by atoms with Gasteiger partial charge in [-0.2, -0.15) is 0 Å². The zero-order valence-electron chi connectivity index (χ0n) is 8.49. The molecule has 74 valence electrons. The van der Waals surface area contributed by atoms with Crippen LogP contribution < -0.4 is 0 Å². The Hall–Kier alpha value is -1.57. The van der Waals surface area contributed by atoms with Gasteiger partial charge in [-0.05, 0) is 5.56 Å². The van der Waals surface area contributed by atoms with Gasteiger partial charge in [0.05, 0.1) is 7.11 Å². The molecule has 1 rings (SSSR count). The molecule has 0 bridgehead atoms. The van der Waals surface area contributed by atoms with Gasteiger partial charge in [0.1, 0.15) is 0 Å². The smallest absolute Gasteiger partial charge is 0.333 e. The highest BCUT2D eigenvalue weighted by molar-refractivity contribution is 5.89. The van der Waals surface area contributed by atoms with Crippen LogP contribution in [0.25, 0.3) is 0 Å². The zero-order chi connectivity index (χ0) is 10.6. The Morgan fingerprint density at radius 1 is 1.36 bits per heavy atom. The molecule has 0 amide bonds. The molecule has 0 aliphatic carbocycles. The number of ether oxygens (including phenoxy) is 1. The molecule has 2 nitrogen and oxygen atoms in total. The number of benzene rings is 1. The lowest BCUT2D eigenvalue weighted by atomic mass is 9.94. The van der Waals surface area contributed by atoms with Crippen LogP contribution in [0.5, 0.6) is 0 Å². The third-order valence-corrected chi connectivity index (χ3v) is 2.27. The first-order valence-electron chi connectivity index (χ1n) is 4.49. The van der Waals surface area contributed by atoms with E-state index in [1.807, 2.05) is 37.3 Å². The molecule has 1 aromatic carbocycles. The summed E-state index contributed by atoms with van der Waals surface area (Å²) in [6.45, 7) is 5.67. The molecule has 0 saturated heterocycles. The Bertz CT molecular complexity index is 327. The van der Waals surface area contributed by atoms with Gasteiger partial charge < -0.3 is 4.74 Å². The van der Waals surface area contributed by atoms with Crippen molar-refractivity contribution < 1.29 is 9.53 Å². The van der Waals surface area contributed by atoms with Crippen LogP contribution in [0.15, 0.2) is 42.5 Å². The minimum atomic E-state index is -0.346. The van der Waals surface area contributed by atoms with Crippen molar-refractivity contribution in [3.8, 4) is 0 Å². The standard InChI is InChI=1S/C12H14O2/c1-9(10(2)12(13)14-3)11-7-5-4-6-8-11/h4-9H,2H2,1,3H3/t9-/m0/s1. The van der Waals surface area contributed by atoms with E-state index in [9.17, 15) is 4.79 Å². The molecule has 0 spiro atoms. The fourth-order valence-corrected chi connectivity index (χ4v) is 1.25. The van der Waals surface area contributed by atoms with E-state index >= 15 is 0 Å². The number of hydrogen-bond acceptors (Lipinski definition) is 2. The molecule has 1 atom stereocenters. The van der Waals surface area contributed by atoms with Crippen LogP contribution in [0.2, 0.25) is 0 Å². The summed E-state index contributed by atoms with van der Waals surface area (Å²) in [4.78, 5) is 11.2. The normalized spacial score (nSPS) is 11.9. The second kappa shape index (κ2) is 4.61. The van der Waals surface area contributed by atoms with Gasteiger partial charge in [-0.3, -0.25) is 0 Å². The van der Waals surface area contributed by atoms with E-state index in [1.165, 1.54) is 7.11 Å². The van der Waals surface area contributed by atoms with Crippen molar-refractivity contribution in [1.29, 1.82) is 0 Å². The molecular formula is C12H14O2. The monoisotopic (exact) mass is 190 g/mol. The summed E-state index contributed by atoms with van der Waals surface area (Å²) >= 11 is 0. The predicted molar refractivity (Wildman–Crippen MR) is 56.0 cm³/mol. The van der Waals surface area contributed by atoms with Crippen molar-refractivity contribution >= 4 is 5.97 Å². The number of hydrogen-bond donors (Lipinski definition) is 0. The Morgan fingerprint density at radius 2 is 1.93 bits per heavy atom. The molecule has 0 fully saturated rings. The van der Waals surface area contributed by atoms with Crippen molar-refractivity contribution in [3.05, 3.63) is 48.0 Å². The summed E-state index contributed by atoms with van der Waals surface area (Å²) in [6.07, 6.45) is 0. The van der Waals surface area contributed by atoms with Crippen LogP contribution in [0, 0.1) is 0 Å². The quantitative estimate of drug-likeness (QED) is 0.540. The van der Waals surface area contributed by atoms with Gasteiger partial charge in [-0.15, -0.1) is 0 Å². The minimum absolute atomic E-state index is 0.00338. The third kappa shape index (κ3) is 2.22. The minimum Gasteiger partial charge on any atom is -0.466 e. The summed E-state index contributed by atoms with van der Waals surface area (Å²) in [7, 11) is 1.37. The van der Waals surface area contributed by atoms with E-state index in [1.54, 1.807) is 0 Å². The average Bonchev–Trinajstić information content (AvgIpc) is 2.27. The number of carbonyl (C=O) groups excluding carboxylic acids is 1. The number of esters is 1. The Balaban J connectivity index is 2.81. The summed E-state index contributed by atoms with van der Waals surface area (Å²) in [5, 5.41) is 0. The largest absolute Gasteiger partial charge is 0.466 e. The van der Waals surface area contributed by atoms with Crippen molar-refractivity contribution in [2.45, 2.75) is 12.8 Å². The Labute approximate surface area is 84.2 Å². The molecule has 0 N–H and O–H groups in total. The molecule has 0 aliphatic rings. The van der Waals surface area contributed by atoms with Gasteiger partial charge in [0.25, 0.3) is 0 Å². The van der Waals surface area contributed by atoms with Gasteiger partial charge >= 0.3 is 5.97 Å². The van der Waals surface area contributed by atoms with Crippen LogP contribution in [-0.2, 0) is 9.53 Å². The molecule has 2 heteroatoms. The van der Waals surface area contributed by atoms with Crippen LogP contribution in [0.1, 0.15) is 18.4 Å². The van der Waals surface area contributed by atoms with Crippen LogP contribution in [0.4, 0.5) is 0 Å². The molecule has 0 radical (unpaired) electrons. The van der Waals surface area contributed by atoms with E-state index in [0.29, 0.717) is 5.57 Å². The Morgan fingerprint density at radius 3 is 2.43 bits per heavy atom. The first-order chi connectivity index (χ1) is 6.66. The highest BCUT2D eigenvalue weighted by Gasteiger charge is 2.16. The van der Waals surface area contributed by atoms with E-state index in [-0.39, 0.29) is 11.9 Å². The number of rotatable bonds is 3. The van der Waals surface area contributed by atoms with Gasteiger partial charge in [-0.1, -0.05) is 43.8 Å². The number of carbonyl (C=O) groups is 1. The fourth-order valence-electron chi connectivity index (χ4n) is 1.25. The average molecular weight is 190 g/mol. The molecule has 0 unspecified atom stereocenters. The predicted octanol–water partition coefficient (Wildman–Crippen LogP) is 2.52. The molecule has 0 heterocycles. The Kier molecular flexibility index (Phi) is 3.46. The second-order valence-electron chi connectivity index (χ2n) is 3.15. The SMILES string of the molecule is C=C(C(=O)OC)[C@H](C)c1ccccc1. The molecule has 0 aromatic heterocycles. The summed E-state index contributed by atoms with van der Waals surface area (Å²) in [6, 6.07) is 9.77. The van der Waals surface area contributed by atoms with Gasteiger partial charge in [0.2, 0.25) is 0 Å². The van der Waals surface area contributed by atoms with E-state index in [2.05, 4.69) is 11.3 Å². The van der Waals surface area contributed by atoms with Gasteiger partial charge in [0, 0.05) is 11.5 Å². The van der Waals surface area contributed by atoms with Crippen LogP contribution >= 0.6 is 0 Å². The van der Waals surface area contributed by atoms with E-state index in [0.717, 1.165) is 5.56 Å². The van der Waals surface area contributed by atoms with E-state index < -0.39 is 0 Å². The fraction of sp³-hybridized carbons (Fsp3) is 0.250. The van der Waals surface area contributed by atoms with E-state index in [4.69, 9.17) is 0 Å². The van der Waals surface area contributed by atoms with Crippen molar-refractivity contribution in [1.82, 2.24) is 0 Å². The number of methoxy groups -OCH3 is 1. The maximum Gasteiger partial charge on any atom is 0.333 e. The van der Waals surface area contributed by atoms with Crippen molar-refractivity contribution in [3.63, 3.8) is 0 Å². The topological polar surface area (TPSA) is 26.3 Å². The molecule has 0 saturated carbocycles. The second-order valence-corrected chi connectivity index (χ2v) is 3.15. The molecule has 1 aromatic rings. The van der Waals surface area contributed by atoms with Crippen LogP contribution in [-0.4, -0.2) is 13.1 Å².